The first kappa shape index (κ1) is 21.7. The molecular formula is C24H27N5O3S. The second-order valence-electron chi connectivity index (χ2n) is 8.06. The van der Waals surface area contributed by atoms with Crippen LogP contribution < -0.4 is 9.47 Å². The highest BCUT2D eigenvalue weighted by Gasteiger charge is 2.32. The highest BCUT2D eigenvalue weighted by Crippen LogP contribution is 2.42. The van der Waals surface area contributed by atoms with Crippen LogP contribution in [0.15, 0.2) is 54.9 Å². The third-order valence-corrected chi connectivity index (χ3v) is 7.22. The van der Waals surface area contributed by atoms with Crippen molar-refractivity contribution in [2.45, 2.75) is 12.6 Å². The molecule has 1 atom stereocenters. The third-order valence-electron chi connectivity index (χ3n) is 6.13. The molecule has 1 aliphatic heterocycles. The van der Waals surface area contributed by atoms with Gasteiger partial charge in [-0.2, -0.15) is 9.61 Å². The van der Waals surface area contributed by atoms with Gasteiger partial charge in [0.1, 0.15) is 6.33 Å². The molecule has 1 saturated heterocycles. The van der Waals surface area contributed by atoms with E-state index in [0.717, 1.165) is 43.2 Å². The van der Waals surface area contributed by atoms with Gasteiger partial charge in [-0.3, -0.25) is 9.80 Å². The molecule has 0 saturated carbocycles. The Morgan fingerprint density at radius 1 is 1.00 bits per heavy atom. The van der Waals surface area contributed by atoms with Crippen LogP contribution in [0.2, 0.25) is 0 Å². The van der Waals surface area contributed by atoms with Gasteiger partial charge >= 0.3 is 0 Å². The Labute approximate surface area is 196 Å². The summed E-state index contributed by atoms with van der Waals surface area (Å²) in [6.07, 6.45) is 1.46. The van der Waals surface area contributed by atoms with Gasteiger partial charge in [-0.15, -0.1) is 0 Å². The van der Waals surface area contributed by atoms with E-state index in [0.29, 0.717) is 16.5 Å². The first-order valence-electron chi connectivity index (χ1n) is 10.9. The van der Waals surface area contributed by atoms with Gasteiger partial charge in [0.15, 0.2) is 11.5 Å². The summed E-state index contributed by atoms with van der Waals surface area (Å²) < 4.78 is 12.5. The van der Waals surface area contributed by atoms with Gasteiger partial charge in [0.05, 0.1) is 25.1 Å². The first-order chi connectivity index (χ1) is 16.2. The van der Waals surface area contributed by atoms with Crippen LogP contribution in [0.5, 0.6) is 17.4 Å². The number of hydrogen-bond donors (Lipinski definition) is 1. The lowest BCUT2D eigenvalue weighted by atomic mass is 10.0. The van der Waals surface area contributed by atoms with Gasteiger partial charge in [-0.25, -0.2) is 4.98 Å². The Morgan fingerprint density at radius 2 is 1.76 bits per heavy atom. The van der Waals surface area contributed by atoms with Gasteiger partial charge in [0.25, 0.3) is 0 Å². The van der Waals surface area contributed by atoms with Gasteiger partial charge in [-0.05, 0) is 23.3 Å². The normalized spacial score (nSPS) is 16.2. The summed E-state index contributed by atoms with van der Waals surface area (Å²) in [4.78, 5) is 10.7. The highest BCUT2D eigenvalue weighted by molar-refractivity contribution is 7.17. The van der Waals surface area contributed by atoms with Crippen molar-refractivity contribution in [3.8, 4) is 17.4 Å². The Kier molecular flexibility index (Phi) is 6.17. The van der Waals surface area contributed by atoms with Gasteiger partial charge < -0.3 is 14.6 Å². The van der Waals surface area contributed by atoms with E-state index in [1.165, 1.54) is 27.7 Å². The minimum Gasteiger partial charge on any atom is -0.493 e. The number of aromatic hydroxyl groups is 1. The minimum absolute atomic E-state index is 0.138. The largest absolute Gasteiger partial charge is 0.493 e. The van der Waals surface area contributed by atoms with E-state index in [1.807, 2.05) is 24.3 Å². The number of methoxy groups -OCH3 is 2. The molecule has 1 N–H and O–H groups in total. The molecule has 0 bridgehead atoms. The van der Waals surface area contributed by atoms with Crippen molar-refractivity contribution in [2.24, 2.45) is 0 Å². The van der Waals surface area contributed by atoms with E-state index in [4.69, 9.17) is 9.47 Å². The maximum absolute atomic E-state index is 11.0. The van der Waals surface area contributed by atoms with Crippen LogP contribution >= 0.6 is 11.3 Å². The zero-order valence-electron chi connectivity index (χ0n) is 18.7. The standard InChI is InChI=1S/C24H27N5O3S/c1-31-19-9-8-18(14-20(19)32-2)21(22-23(30)29-24(33-22)25-16-26-29)28-12-10-27(11-13-28)15-17-6-4-3-5-7-17/h3-9,14,16,21,30H,10-13,15H2,1-2H3/t21-/m0/s1. The lowest BCUT2D eigenvalue weighted by Crippen LogP contribution is -2.47. The van der Waals surface area contributed by atoms with Crippen molar-refractivity contribution in [3.05, 3.63) is 70.9 Å². The quantitative estimate of drug-likeness (QED) is 0.448. The predicted octanol–water partition coefficient (Wildman–Crippen LogP) is 3.42. The van der Waals surface area contributed by atoms with Crippen molar-refractivity contribution >= 4 is 16.3 Å². The molecule has 0 unspecified atom stereocenters. The van der Waals surface area contributed by atoms with Crippen LogP contribution in [0, 0.1) is 0 Å². The summed E-state index contributed by atoms with van der Waals surface area (Å²) in [6.45, 7) is 4.58. The summed E-state index contributed by atoms with van der Waals surface area (Å²) in [7, 11) is 3.27. The first-order valence-corrected chi connectivity index (χ1v) is 11.7. The van der Waals surface area contributed by atoms with Crippen molar-refractivity contribution < 1.29 is 14.6 Å². The fourth-order valence-electron chi connectivity index (χ4n) is 4.44. The number of piperazine rings is 1. The molecule has 5 rings (SSSR count). The lowest BCUT2D eigenvalue weighted by molar-refractivity contribution is 0.105. The van der Waals surface area contributed by atoms with Crippen LogP contribution in [-0.2, 0) is 6.54 Å². The smallest absolute Gasteiger partial charge is 0.230 e. The van der Waals surface area contributed by atoms with E-state index in [1.54, 1.807) is 14.2 Å². The third kappa shape index (κ3) is 4.27. The molecule has 33 heavy (non-hydrogen) atoms. The highest BCUT2D eigenvalue weighted by atomic mass is 32.1. The Balaban J connectivity index is 1.45. The van der Waals surface area contributed by atoms with Gasteiger partial charge in [0.2, 0.25) is 10.8 Å². The maximum atomic E-state index is 11.0. The topological polar surface area (TPSA) is 75.4 Å². The number of aromatic nitrogens is 3. The number of hydrogen-bond acceptors (Lipinski definition) is 8. The van der Waals surface area contributed by atoms with Crippen molar-refractivity contribution in [1.82, 2.24) is 24.4 Å². The summed E-state index contributed by atoms with van der Waals surface area (Å²) >= 11 is 1.47. The molecule has 0 amide bonds. The molecule has 9 heteroatoms. The molecule has 1 aliphatic rings. The molecule has 172 valence electrons. The number of benzene rings is 2. The van der Waals surface area contributed by atoms with Crippen molar-refractivity contribution in [1.29, 1.82) is 0 Å². The summed E-state index contributed by atoms with van der Waals surface area (Å²) in [5.74, 6) is 1.49. The molecule has 4 aromatic rings. The van der Waals surface area contributed by atoms with Crippen LogP contribution in [0.1, 0.15) is 22.0 Å². The molecular weight excluding hydrogens is 438 g/mol. The molecule has 3 heterocycles. The zero-order valence-corrected chi connectivity index (χ0v) is 19.5. The van der Waals surface area contributed by atoms with Gasteiger partial charge in [-0.1, -0.05) is 47.7 Å². The lowest BCUT2D eigenvalue weighted by Gasteiger charge is -2.39. The molecule has 2 aromatic carbocycles. The average Bonchev–Trinajstić information content (AvgIpc) is 3.44. The molecule has 1 fully saturated rings. The summed E-state index contributed by atoms with van der Waals surface area (Å²) in [6, 6.07) is 16.4. The molecule has 8 nitrogen and oxygen atoms in total. The minimum atomic E-state index is -0.141. The Bertz CT molecular complexity index is 1220. The number of ether oxygens (including phenoxy) is 2. The summed E-state index contributed by atoms with van der Waals surface area (Å²) in [5, 5.41) is 15.2. The molecule has 0 spiro atoms. The van der Waals surface area contributed by atoms with E-state index >= 15 is 0 Å². The Morgan fingerprint density at radius 3 is 2.45 bits per heavy atom. The van der Waals surface area contributed by atoms with Crippen LogP contribution in [0.3, 0.4) is 0 Å². The van der Waals surface area contributed by atoms with Crippen molar-refractivity contribution in [3.63, 3.8) is 0 Å². The number of nitrogens with zero attached hydrogens (tertiary/aromatic N) is 5. The van der Waals surface area contributed by atoms with Crippen molar-refractivity contribution in [2.75, 3.05) is 40.4 Å². The zero-order chi connectivity index (χ0) is 22.8. The average molecular weight is 466 g/mol. The fraction of sp³-hybridized carbons (Fsp3) is 0.333. The van der Waals surface area contributed by atoms with E-state index < -0.39 is 0 Å². The van der Waals surface area contributed by atoms with E-state index in [9.17, 15) is 5.11 Å². The SMILES string of the molecule is COc1ccc([C@@H](c2sc3ncnn3c2O)N2CCN(Cc3ccccc3)CC2)cc1OC. The van der Waals surface area contributed by atoms with Crippen LogP contribution in [0.4, 0.5) is 0 Å². The number of rotatable bonds is 7. The molecule has 0 aliphatic carbocycles. The van der Waals surface area contributed by atoms with Crippen LogP contribution in [0.25, 0.3) is 4.96 Å². The number of fused-ring (bicyclic) bond motifs is 1. The monoisotopic (exact) mass is 465 g/mol. The summed E-state index contributed by atoms with van der Waals surface area (Å²) in [5.41, 5.74) is 2.36. The van der Waals surface area contributed by atoms with E-state index in [2.05, 4.69) is 44.1 Å². The van der Waals surface area contributed by atoms with Gasteiger partial charge in [0, 0.05) is 32.7 Å². The Hall–Kier alpha value is -3.14. The molecule has 0 radical (unpaired) electrons. The van der Waals surface area contributed by atoms with E-state index in [-0.39, 0.29) is 11.9 Å². The van der Waals surface area contributed by atoms with Crippen LogP contribution in [-0.4, -0.2) is 69.9 Å². The second-order valence-corrected chi connectivity index (χ2v) is 9.07. The second kappa shape index (κ2) is 9.38. The number of thiazole rings is 1. The predicted molar refractivity (Wildman–Crippen MR) is 127 cm³/mol. The fourth-order valence-corrected chi connectivity index (χ4v) is 5.54. The molecule has 2 aromatic heterocycles. The maximum Gasteiger partial charge on any atom is 0.230 e.